The van der Waals surface area contributed by atoms with Crippen LogP contribution in [0.3, 0.4) is 0 Å². The maximum absolute atomic E-state index is 11.9. The van der Waals surface area contributed by atoms with Gasteiger partial charge in [-0.1, -0.05) is 23.7 Å². The van der Waals surface area contributed by atoms with Crippen LogP contribution in [0.1, 0.15) is 11.5 Å². The zero-order valence-corrected chi connectivity index (χ0v) is 17.3. The Bertz CT molecular complexity index is 1020. The molecule has 0 aliphatic carbocycles. The fraction of sp³-hybridized carbons (Fsp3) is 0.190. The lowest BCUT2D eigenvalue weighted by Crippen LogP contribution is -2.00. The molecular formula is C21H19ClN2O6. The molecule has 30 heavy (non-hydrogen) atoms. The largest absolute Gasteiger partial charge is 0.493 e. The smallest absolute Gasteiger partial charge is 0.331 e. The average Bonchev–Trinajstić information content (AvgIpc) is 3.25. The van der Waals surface area contributed by atoms with Gasteiger partial charge in [0, 0.05) is 16.7 Å². The molecule has 3 aromatic rings. The molecule has 0 unspecified atom stereocenters. The van der Waals surface area contributed by atoms with Crippen molar-refractivity contribution in [3.05, 3.63) is 59.0 Å². The SMILES string of the molecule is COc1cc(-c2nnc(COC(=O)/C=C/c3ccc(Cl)cc3)o2)cc(OC)c1OC. The number of halogens is 1. The summed E-state index contributed by atoms with van der Waals surface area (Å²) in [4.78, 5) is 11.9. The molecular weight excluding hydrogens is 412 g/mol. The van der Waals surface area contributed by atoms with E-state index in [9.17, 15) is 4.79 Å². The number of rotatable bonds is 8. The Hall–Kier alpha value is -3.52. The minimum atomic E-state index is -0.544. The van der Waals surface area contributed by atoms with Crippen molar-refractivity contribution < 1.29 is 28.2 Å². The number of nitrogens with zero attached hydrogens (tertiary/aromatic N) is 2. The summed E-state index contributed by atoms with van der Waals surface area (Å²) in [5.41, 5.74) is 1.39. The summed E-state index contributed by atoms with van der Waals surface area (Å²) >= 11 is 5.83. The first-order valence-corrected chi connectivity index (χ1v) is 9.15. The van der Waals surface area contributed by atoms with Crippen LogP contribution in [0.4, 0.5) is 0 Å². The van der Waals surface area contributed by atoms with Crippen molar-refractivity contribution in [3.63, 3.8) is 0 Å². The van der Waals surface area contributed by atoms with Gasteiger partial charge in [0.1, 0.15) is 0 Å². The van der Waals surface area contributed by atoms with E-state index in [1.165, 1.54) is 27.4 Å². The third-order valence-corrected chi connectivity index (χ3v) is 4.25. The highest BCUT2D eigenvalue weighted by Crippen LogP contribution is 2.40. The molecule has 1 heterocycles. The number of methoxy groups -OCH3 is 3. The van der Waals surface area contributed by atoms with E-state index in [0.717, 1.165) is 5.56 Å². The lowest BCUT2D eigenvalue weighted by atomic mass is 10.2. The van der Waals surface area contributed by atoms with E-state index >= 15 is 0 Å². The van der Waals surface area contributed by atoms with Crippen LogP contribution in [0.15, 0.2) is 46.9 Å². The molecule has 0 N–H and O–H groups in total. The first-order valence-electron chi connectivity index (χ1n) is 8.77. The number of ether oxygens (including phenoxy) is 4. The summed E-state index contributed by atoms with van der Waals surface area (Å²) < 4.78 is 26.6. The van der Waals surface area contributed by atoms with Gasteiger partial charge in [-0.15, -0.1) is 10.2 Å². The number of hydrogen-bond donors (Lipinski definition) is 0. The molecule has 0 aliphatic rings. The van der Waals surface area contributed by atoms with Gasteiger partial charge in [0.25, 0.3) is 5.89 Å². The summed E-state index contributed by atoms with van der Waals surface area (Å²) in [5.74, 6) is 1.17. The van der Waals surface area contributed by atoms with E-state index in [1.807, 2.05) is 0 Å². The molecule has 0 bridgehead atoms. The molecule has 0 saturated carbocycles. The van der Waals surface area contributed by atoms with Gasteiger partial charge in [0.15, 0.2) is 18.1 Å². The highest BCUT2D eigenvalue weighted by Gasteiger charge is 2.17. The van der Waals surface area contributed by atoms with Gasteiger partial charge in [-0.2, -0.15) is 0 Å². The molecule has 0 fully saturated rings. The van der Waals surface area contributed by atoms with Crippen molar-refractivity contribution in [2.75, 3.05) is 21.3 Å². The fourth-order valence-electron chi connectivity index (χ4n) is 2.55. The zero-order chi connectivity index (χ0) is 21.5. The van der Waals surface area contributed by atoms with Crippen molar-refractivity contribution in [2.24, 2.45) is 0 Å². The summed E-state index contributed by atoms with van der Waals surface area (Å²) in [6.07, 6.45) is 2.92. The van der Waals surface area contributed by atoms with E-state index in [2.05, 4.69) is 10.2 Å². The van der Waals surface area contributed by atoms with Crippen LogP contribution in [0.2, 0.25) is 5.02 Å². The molecule has 3 rings (SSSR count). The first-order chi connectivity index (χ1) is 14.5. The third kappa shape index (κ3) is 5.09. The van der Waals surface area contributed by atoms with Gasteiger partial charge in [-0.05, 0) is 35.9 Å². The fourth-order valence-corrected chi connectivity index (χ4v) is 2.68. The van der Waals surface area contributed by atoms with Crippen LogP contribution in [0.5, 0.6) is 17.2 Å². The van der Waals surface area contributed by atoms with Gasteiger partial charge < -0.3 is 23.4 Å². The van der Waals surface area contributed by atoms with Crippen LogP contribution in [-0.2, 0) is 16.1 Å². The molecule has 0 atom stereocenters. The minimum Gasteiger partial charge on any atom is -0.493 e. The predicted molar refractivity (Wildman–Crippen MR) is 110 cm³/mol. The van der Waals surface area contributed by atoms with Gasteiger partial charge in [-0.3, -0.25) is 0 Å². The lowest BCUT2D eigenvalue weighted by molar-refractivity contribution is -0.139. The van der Waals surface area contributed by atoms with Gasteiger partial charge in [0.05, 0.1) is 21.3 Å². The zero-order valence-electron chi connectivity index (χ0n) is 16.5. The highest BCUT2D eigenvalue weighted by molar-refractivity contribution is 6.30. The molecule has 0 radical (unpaired) electrons. The number of hydrogen-bond acceptors (Lipinski definition) is 8. The average molecular weight is 431 g/mol. The molecule has 1 aromatic heterocycles. The van der Waals surface area contributed by atoms with E-state index in [0.29, 0.717) is 27.8 Å². The van der Waals surface area contributed by atoms with Crippen molar-refractivity contribution in [2.45, 2.75) is 6.61 Å². The Morgan fingerprint density at radius 3 is 2.30 bits per heavy atom. The second kappa shape index (κ2) is 9.80. The Morgan fingerprint density at radius 2 is 1.70 bits per heavy atom. The normalized spacial score (nSPS) is 10.8. The van der Waals surface area contributed by atoms with E-state index < -0.39 is 5.97 Å². The van der Waals surface area contributed by atoms with Crippen LogP contribution >= 0.6 is 11.6 Å². The Balaban J connectivity index is 1.66. The Labute approximate surface area is 178 Å². The topological polar surface area (TPSA) is 92.9 Å². The van der Waals surface area contributed by atoms with Gasteiger partial charge in [-0.25, -0.2) is 4.79 Å². The molecule has 2 aromatic carbocycles. The second-order valence-corrected chi connectivity index (χ2v) is 6.34. The monoisotopic (exact) mass is 430 g/mol. The molecule has 0 amide bonds. The van der Waals surface area contributed by atoms with Crippen LogP contribution in [0, 0.1) is 0 Å². The van der Waals surface area contributed by atoms with Crippen LogP contribution in [0.25, 0.3) is 17.5 Å². The predicted octanol–water partition coefficient (Wildman–Crippen LogP) is 4.17. The van der Waals surface area contributed by atoms with E-state index in [1.54, 1.807) is 42.5 Å². The number of carbonyl (C=O) groups excluding carboxylic acids is 1. The Kier molecular flexibility index (Phi) is 6.92. The van der Waals surface area contributed by atoms with Crippen molar-refractivity contribution >= 4 is 23.6 Å². The number of aromatic nitrogens is 2. The number of benzene rings is 2. The quantitative estimate of drug-likeness (QED) is 0.388. The highest BCUT2D eigenvalue weighted by atomic mass is 35.5. The maximum Gasteiger partial charge on any atom is 0.331 e. The van der Waals surface area contributed by atoms with Gasteiger partial charge in [0.2, 0.25) is 11.6 Å². The van der Waals surface area contributed by atoms with E-state index in [-0.39, 0.29) is 18.4 Å². The van der Waals surface area contributed by atoms with Crippen molar-refractivity contribution in [1.82, 2.24) is 10.2 Å². The summed E-state index contributed by atoms with van der Waals surface area (Å²) in [7, 11) is 4.54. The molecule has 0 aliphatic heterocycles. The van der Waals surface area contributed by atoms with Crippen LogP contribution < -0.4 is 14.2 Å². The first kappa shape index (κ1) is 21.2. The summed E-state index contributed by atoms with van der Waals surface area (Å²) in [6.45, 7) is -0.165. The van der Waals surface area contributed by atoms with Crippen molar-refractivity contribution in [3.8, 4) is 28.7 Å². The standard InChI is InChI=1S/C21H19ClN2O6/c1-26-16-10-14(11-17(27-2)20(16)28-3)21-24-23-18(30-21)12-29-19(25)9-6-13-4-7-15(22)8-5-13/h4-11H,12H2,1-3H3/b9-6+. The Morgan fingerprint density at radius 1 is 1.03 bits per heavy atom. The molecule has 0 saturated heterocycles. The van der Waals surface area contributed by atoms with Crippen LogP contribution in [-0.4, -0.2) is 37.5 Å². The minimum absolute atomic E-state index is 0.145. The maximum atomic E-state index is 11.9. The van der Waals surface area contributed by atoms with Gasteiger partial charge >= 0.3 is 5.97 Å². The molecule has 8 nitrogen and oxygen atoms in total. The number of carbonyl (C=O) groups is 1. The number of esters is 1. The molecule has 9 heteroatoms. The molecule has 0 spiro atoms. The lowest BCUT2D eigenvalue weighted by Gasteiger charge is -2.12. The molecule has 156 valence electrons. The summed E-state index contributed by atoms with van der Waals surface area (Å²) in [5, 5.41) is 8.50. The van der Waals surface area contributed by atoms with E-state index in [4.69, 9.17) is 35.0 Å². The second-order valence-electron chi connectivity index (χ2n) is 5.91. The third-order valence-electron chi connectivity index (χ3n) is 4.00. The summed E-state index contributed by atoms with van der Waals surface area (Å²) in [6, 6.07) is 10.4. The van der Waals surface area contributed by atoms with Crippen molar-refractivity contribution in [1.29, 1.82) is 0 Å².